The summed E-state index contributed by atoms with van der Waals surface area (Å²) in [6.45, 7) is 1.74. The van der Waals surface area contributed by atoms with E-state index in [1.165, 1.54) is 13.3 Å². The molecule has 5 nitrogen and oxygen atoms in total. The Hall–Kier alpha value is -1.27. The van der Waals surface area contributed by atoms with Crippen LogP contribution in [0.25, 0.3) is 0 Å². The number of carbonyl (C=O) groups excluding carboxylic acids is 1. The summed E-state index contributed by atoms with van der Waals surface area (Å²) in [6.07, 6.45) is 1.17. The first kappa shape index (κ1) is 15.8. The molecule has 0 aromatic heterocycles. The lowest BCUT2D eigenvalue weighted by Gasteiger charge is -2.16. The zero-order valence-electron chi connectivity index (χ0n) is 11.0. The second-order valence-corrected chi connectivity index (χ2v) is 7.00. The third-order valence-electron chi connectivity index (χ3n) is 2.41. The van der Waals surface area contributed by atoms with Crippen molar-refractivity contribution in [2.75, 3.05) is 24.4 Å². The van der Waals surface area contributed by atoms with Crippen molar-refractivity contribution in [1.29, 1.82) is 0 Å². The lowest BCUT2D eigenvalue weighted by Crippen LogP contribution is -2.25. The van der Waals surface area contributed by atoms with E-state index in [0.717, 1.165) is 0 Å². The van der Waals surface area contributed by atoms with Crippen LogP contribution in [0.1, 0.15) is 17.3 Å². The normalized spacial score (nSPS) is 12.8. The average molecular weight is 305 g/mol. The van der Waals surface area contributed by atoms with Gasteiger partial charge in [0.05, 0.1) is 16.5 Å². The van der Waals surface area contributed by atoms with Gasteiger partial charge in [-0.1, -0.05) is 11.6 Å². The Morgan fingerprint density at radius 3 is 2.58 bits per heavy atom. The summed E-state index contributed by atoms with van der Waals surface area (Å²) in [5.74, 6) is -0.233. The molecule has 1 aromatic rings. The number of hydrogen-bond donors (Lipinski definition) is 2. The molecular formula is C12H17ClN2O3S. The summed E-state index contributed by atoms with van der Waals surface area (Å²) >= 11 is 6.02. The number of benzene rings is 1. The third kappa shape index (κ3) is 5.08. The fraction of sp³-hybridized carbons (Fsp3) is 0.417. The molecule has 0 aliphatic heterocycles. The van der Waals surface area contributed by atoms with E-state index in [1.54, 1.807) is 25.1 Å². The SMILES string of the molecule is CNC(=O)c1ccc(Cl)c(NC(C)CS(C)(=O)=O)c1. The van der Waals surface area contributed by atoms with Gasteiger partial charge in [-0.25, -0.2) is 8.42 Å². The molecule has 19 heavy (non-hydrogen) atoms. The molecule has 0 saturated carbocycles. The standard InChI is InChI=1S/C12H17ClN2O3S/c1-8(7-19(3,17)18)15-11-6-9(12(16)14-2)4-5-10(11)13/h4-6,8,15H,7H2,1-3H3,(H,14,16). The predicted octanol–water partition coefficient (Wildman–Crippen LogP) is 1.54. The second kappa shape index (κ2) is 6.25. The van der Waals surface area contributed by atoms with Crippen LogP contribution in [0.5, 0.6) is 0 Å². The number of hydrogen-bond acceptors (Lipinski definition) is 4. The topological polar surface area (TPSA) is 75.3 Å². The summed E-state index contributed by atoms with van der Waals surface area (Å²) in [5.41, 5.74) is 1.000. The van der Waals surface area contributed by atoms with E-state index >= 15 is 0 Å². The van der Waals surface area contributed by atoms with Crippen LogP contribution in [0.4, 0.5) is 5.69 Å². The molecule has 0 fully saturated rings. The summed E-state index contributed by atoms with van der Waals surface area (Å²) in [4.78, 5) is 11.5. The smallest absolute Gasteiger partial charge is 0.251 e. The van der Waals surface area contributed by atoms with Crippen molar-refractivity contribution < 1.29 is 13.2 Å². The third-order valence-corrected chi connectivity index (χ3v) is 3.85. The van der Waals surface area contributed by atoms with Gasteiger partial charge in [0.2, 0.25) is 0 Å². The molecule has 7 heteroatoms. The monoisotopic (exact) mass is 304 g/mol. The molecule has 1 rings (SSSR count). The van der Waals surface area contributed by atoms with Gasteiger partial charge in [0, 0.05) is 24.9 Å². The number of halogens is 1. The zero-order chi connectivity index (χ0) is 14.6. The highest BCUT2D eigenvalue weighted by atomic mass is 35.5. The lowest BCUT2D eigenvalue weighted by molar-refractivity contribution is 0.0963. The quantitative estimate of drug-likeness (QED) is 0.865. The first-order valence-electron chi connectivity index (χ1n) is 5.69. The average Bonchev–Trinajstić information content (AvgIpc) is 2.28. The van der Waals surface area contributed by atoms with Gasteiger partial charge >= 0.3 is 0 Å². The number of anilines is 1. The Morgan fingerprint density at radius 1 is 1.42 bits per heavy atom. The number of sulfone groups is 1. The highest BCUT2D eigenvalue weighted by Gasteiger charge is 2.13. The molecule has 1 amide bonds. The molecule has 0 bridgehead atoms. The van der Waals surface area contributed by atoms with E-state index in [4.69, 9.17) is 11.6 Å². The maximum atomic E-state index is 11.5. The van der Waals surface area contributed by atoms with Gasteiger partial charge < -0.3 is 10.6 Å². The summed E-state index contributed by atoms with van der Waals surface area (Å²) in [6, 6.07) is 4.50. The molecule has 0 radical (unpaired) electrons. The highest BCUT2D eigenvalue weighted by Crippen LogP contribution is 2.24. The molecule has 0 spiro atoms. The van der Waals surface area contributed by atoms with E-state index in [-0.39, 0.29) is 17.7 Å². The minimum absolute atomic E-state index is 0.00642. The van der Waals surface area contributed by atoms with E-state index in [2.05, 4.69) is 10.6 Å². The maximum absolute atomic E-state index is 11.5. The molecular weight excluding hydrogens is 288 g/mol. The molecule has 2 N–H and O–H groups in total. The van der Waals surface area contributed by atoms with Gasteiger partial charge in [-0.3, -0.25) is 4.79 Å². The van der Waals surface area contributed by atoms with Crippen molar-refractivity contribution in [3.8, 4) is 0 Å². The van der Waals surface area contributed by atoms with Gasteiger partial charge in [-0.15, -0.1) is 0 Å². The molecule has 1 atom stereocenters. The maximum Gasteiger partial charge on any atom is 0.251 e. The summed E-state index contributed by atoms with van der Waals surface area (Å²) in [5, 5.41) is 5.95. The fourth-order valence-corrected chi connectivity index (χ4v) is 2.85. The Labute approximate surface area is 118 Å². The Bertz CT molecular complexity index is 572. The highest BCUT2D eigenvalue weighted by molar-refractivity contribution is 7.90. The zero-order valence-corrected chi connectivity index (χ0v) is 12.6. The van der Waals surface area contributed by atoms with E-state index in [0.29, 0.717) is 16.3 Å². The fourth-order valence-electron chi connectivity index (χ4n) is 1.68. The van der Waals surface area contributed by atoms with Gasteiger partial charge in [0.15, 0.2) is 0 Å². The molecule has 0 aliphatic rings. The first-order valence-corrected chi connectivity index (χ1v) is 8.12. The number of amides is 1. The van der Waals surface area contributed by atoms with Gasteiger partial charge in [-0.2, -0.15) is 0 Å². The molecule has 0 aliphatic carbocycles. The van der Waals surface area contributed by atoms with Crippen LogP contribution in [-0.4, -0.2) is 39.4 Å². The number of rotatable bonds is 5. The van der Waals surface area contributed by atoms with Crippen LogP contribution in [0.3, 0.4) is 0 Å². The summed E-state index contributed by atoms with van der Waals surface area (Å²) in [7, 11) is -1.53. The molecule has 1 unspecified atom stereocenters. The van der Waals surface area contributed by atoms with Crippen LogP contribution < -0.4 is 10.6 Å². The minimum Gasteiger partial charge on any atom is -0.380 e. The van der Waals surface area contributed by atoms with Crippen LogP contribution in [-0.2, 0) is 9.84 Å². The number of nitrogens with one attached hydrogen (secondary N) is 2. The van der Waals surface area contributed by atoms with E-state index < -0.39 is 9.84 Å². The largest absolute Gasteiger partial charge is 0.380 e. The predicted molar refractivity (Wildman–Crippen MR) is 77.6 cm³/mol. The van der Waals surface area contributed by atoms with E-state index in [9.17, 15) is 13.2 Å². The van der Waals surface area contributed by atoms with Gasteiger partial charge in [-0.05, 0) is 25.1 Å². The van der Waals surface area contributed by atoms with Crippen LogP contribution in [0.15, 0.2) is 18.2 Å². The molecule has 1 aromatic carbocycles. The van der Waals surface area contributed by atoms with Crippen LogP contribution >= 0.6 is 11.6 Å². The van der Waals surface area contributed by atoms with Gasteiger partial charge in [0.1, 0.15) is 9.84 Å². The van der Waals surface area contributed by atoms with Crippen LogP contribution in [0.2, 0.25) is 5.02 Å². The van der Waals surface area contributed by atoms with E-state index in [1.807, 2.05) is 0 Å². The minimum atomic E-state index is -3.07. The molecule has 106 valence electrons. The Morgan fingerprint density at radius 2 is 2.05 bits per heavy atom. The Balaban J connectivity index is 2.91. The van der Waals surface area contributed by atoms with Crippen molar-refractivity contribution in [2.45, 2.75) is 13.0 Å². The molecule has 0 saturated heterocycles. The van der Waals surface area contributed by atoms with Crippen molar-refractivity contribution in [3.05, 3.63) is 28.8 Å². The number of carbonyl (C=O) groups is 1. The van der Waals surface area contributed by atoms with Crippen molar-refractivity contribution in [1.82, 2.24) is 5.32 Å². The van der Waals surface area contributed by atoms with Gasteiger partial charge in [0.25, 0.3) is 5.91 Å². The summed E-state index contributed by atoms with van der Waals surface area (Å²) < 4.78 is 22.4. The van der Waals surface area contributed by atoms with Crippen molar-refractivity contribution >= 4 is 33.0 Å². The molecule has 0 heterocycles. The van der Waals surface area contributed by atoms with Crippen molar-refractivity contribution in [3.63, 3.8) is 0 Å². The second-order valence-electron chi connectivity index (χ2n) is 4.41. The first-order chi connectivity index (χ1) is 8.73. The lowest BCUT2D eigenvalue weighted by atomic mass is 10.2. The van der Waals surface area contributed by atoms with Crippen molar-refractivity contribution in [2.24, 2.45) is 0 Å². The Kier molecular flexibility index (Phi) is 5.20. The van der Waals surface area contributed by atoms with Crippen LogP contribution in [0, 0.1) is 0 Å².